The van der Waals surface area contributed by atoms with Crippen LogP contribution in [0.4, 0.5) is 4.79 Å². The number of amides is 2. The maximum absolute atomic E-state index is 12.7. The van der Waals surface area contributed by atoms with Crippen LogP contribution in [0.25, 0.3) is 0 Å². The molecule has 26 heavy (non-hydrogen) atoms. The van der Waals surface area contributed by atoms with Crippen molar-refractivity contribution >= 4 is 35.5 Å². The van der Waals surface area contributed by atoms with E-state index in [0.29, 0.717) is 11.3 Å². The van der Waals surface area contributed by atoms with E-state index >= 15 is 0 Å². The average Bonchev–Trinajstić information content (AvgIpc) is 3.26. The van der Waals surface area contributed by atoms with Gasteiger partial charge < -0.3 is 15.2 Å². The molecule has 146 valence electrons. The third kappa shape index (κ3) is 4.88. The van der Waals surface area contributed by atoms with Crippen molar-refractivity contribution in [3.05, 3.63) is 12.7 Å². The van der Waals surface area contributed by atoms with Crippen LogP contribution in [-0.4, -0.2) is 57.7 Å². The van der Waals surface area contributed by atoms with Gasteiger partial charge in [-0.1, -0.05) is 25.5 Å². The lowest BCUT2D eigenvalue weighted by Crippen LogP contribution is -2.50. The molecule has 3 rings (SSSR count). The van der Waals surface area contributed by atoms with Gasteiger partial charge >= 0.3 is 6.09 Å². The molecule has 0 bridgehead atoms. The third-order valence-electron chi connectivity index (χ3n) is 5.04. The van der Waals surface area contributed by atoms with Crippen LogP contribution in [-0.2, 0) is 9.53 Å². The number of nitrogens with one attached hydrogen (secondary N) is 3. The molecule has 1 saturated carbocycles. The van der Waals surface area contributed by atoms with Crippen molar-refractivity contribution < 1.29 is 19.4 Å². The number of hydrogen-bond donors (Lipinski definition) is 4. The van der Waals surface area contributed by atoms with Crippen LogP contribution in [0.5, 0.6) is 0 Å². The zero-order valence-corrected chi connectivity index (χ0v) is 16.3. The second kappa shape index (κ2) is 9.34. The SMILES string of the molecule is C=CCOC(=O)NC(O)C1CCSC1NC(=O)C1NC2CCCCC2S1. The fraction of sp³-hybridized carbons (Fsp3) is 0.765. The molecule has 7 nitrogen and oxygen atoms in total. The van der Waals surface area contributed by atoms with E-state index in [1.807, 2.05) is 0 Å². The maximum atomic E-state index is 12.7. The van der Waals surface area contributed by atoms with Crippen LogP contribution in [0.3, 0.4) is 0 Å². The molecular weight excluding hydrogens is 374 g/mol. The molecule has 0 aromatic rings. The van der Waals surface area contributed by atoms with Crippen LogP contribution in [0.1, 0.15) is 32.1 Å². The predicted octanol–water partition coefficient (Wildman–Crippen LogP) is 1.39. The quantitative estimate of drug-likeness (QED) is 0.394. The van der Waals surface area contributed by atoms with Crippen molar-refractivity contribution in [2.45, 2.75) is 60.4 Å². The molecule has 2 amide bonds. The molecule has 2 aliphatic heterocycles. The molecule has 6 atom stereocenters. The summed E-state index contributed by atoms with van der Waals surface area (Å²) in [7, 11) is 0. The van der Waals surface area contributed by atoms with Crippen LogP contribution < -0.4 is 16.0 Å². The van der Waals surface area contributed by atoms with Crippen molar-refractivity contribution in [1.29, 1.82) is 0 Å². The zero-order valence-electron chi connectivity index (χ0n) is 14.7. The van der Waals surface area contributed by atoms with E-state index in [2.05, 4.69) is 22.5 Å². The molecule has 0 radical (unpaired) electrons. The lowest BCUT2D eigenvalue weighted by molar-refractivity contribution is -0.121. The number of alkyl carbamates (subject to hydrolysis) is 1. The first-order chi connectivity index (χ1) is 12.6. The van der Waals surface area contributed by atoms with E-state index in [0.717, 1.165) is 18.6 Å². The summed E-state index contributed by atoms with van der Waals surface area (Å²) >= 11 is 3.32. The Bertz CT molecular complexity index is 522. The number of carbonyl (C=O) groups excluding carboxylic acids is 2. The zero-order chi connectivity index (χ0) is 18.5. The summed E-state index contributed by atoms with van der Waals surface area (Å²) in [6, 6.07) is 0.434. The number of hydrogen-bond acceptors (Lipinski definition) is 7. The molecule has 0 aromatic heterocycles. The van der Waals surface area contributed by atoms with E-state index in [4.69, 9.17) is 4.74 Å². The molecule has 3 aliphatic rings. The minimum Gasteiger partial charge on any atom is -0.445 e. The Hall–Kier alpha value is -0.900. The number of carbonyl (C=O) groups is 2. The molecule has 6 unspecified atom stereocenters. The number of fused-ring (bicyclic) bond motifs is 1. The second-order valence-electron chi connectivity index (χ2n) is 6.84. The summed E-state index contributed by atoms with van der Waals surface area (Å²) in [5, 5.41) is 19.3. The number of thioether (sulfide) groups is 2. The monoisotopic (exact) mass is 401 g/mol. The Balaban J connectivity index is 1.49. The summed E-state index contributed by atoms with van der Waals surface area (Å²) in [6.07, 6.45) is 5.21. The lowest BCUT2D eigenvalue weighted by Gasteiger charge is -2.26. The first kappa shape index (κ1) is 19.9. The molecule has 0 spiro atoms. The van der Waals surface area contributed by atoms with Crippen molar-refractivity contribution in [1.82, 2.24) is 16.0 Å². The molecule has 1 aliphatic carbocycles. The fourth-order valence-electron chi connectivity index (χ4n) is 3.69. The Labute approximate surface area is 162 Å². The van der Waals surface area contributed by atoms with E-state index in [-0.39, 0.29) is 29.2 Å². The average molecular weight is 402 g/mol. The minimum absolute atomic E-state index is 0.0322. The van der Waals surface area contributed by atoms with E-state index in [1.54, 1.807) is 23.5 Å². The number of rotatable bonds is 6. The van der Waals surface area contributed by atoms with Gasteiger partial charge in [-0.25, -0.2) is 4.79 Å². The number of aliphatic hydroxyl groups excluding tert-OH is 1. The maximum Gasteiger partial charge on any atom is 0.409 e. The van der Waals surface area contributed by atoms with Crippen molar-refractivity contribution in [2.75, 3.05) is 12.4 Å². The van der Waals surface area contributed by atoms with Gasteiger partial charge in [-0.3, -0.25) is 15.4 Å². The summed E-state index contributed by atoms with van der Waals surface area (Å²) < 4.78 is 4.84. The largest absolute Gasteiger partial charge is 0.445 e. The fourth-order valence-corrected chi connectivity index (χ4v) is 6.59. The Morgan fingerprint density at radius 3 is 2.92 bits per heavy atom. The van der Waals surface area contributed by atoms with E-state index in [9.17, 15) is 14.7 Å². The molecule has 4 N–H and O–H groups in total. The van der Waals surface area contributed by atoms with Gasteiger partial charge in [0, 0.05) is 17.2 Å². The first-order valence-electron chi connectivity index (χ1n) is 9.14. The Morgan fingerprint density at radius 2 is 2.15 bits per heavy atom. The molecule has 0 aromatic carbocycles. The Kier molecular flexibility index (Phi) is 7.13. The normalized spacial score (nSPS) is 34.6. The van der Waals surface area contributed by atoms with Crippen LogP contribution >= 0.6 is 23.5 Å². The highest BCUT2D eigenvalue weighted by Crippen LogP contribution is 2.38. The third-order valence-corrected chi connectivity index (χ3v) is 7.88. The van der Waals surface area contributed by atoms with E-state index in [1.165, 1.54) is 25.3 Å². The summed E-state index contributed by atoms with van der Waals surface area (Å²) in [6.45, 7) is 3.56. The summed E-state index contributed by atoms with van der Waals surface area (Å²) in [4.78, 5) is 24.3. The molecular formula is C17H27N3O4S2. The second-order valence-corrected chi connectivity index (χ2v) is 9.44. The highest BCUT2D eigenvalue weighted by Gasteiger charge is 2.41. The van der Waals surface area contributed by atoms with Crippen LogP contribution in [0.2, 0.25) is 0 Å². The number of aliphatic hydroxyl groups is 1. The molecule has 2 heterocycles. The van der Waals surface area contributed by atoms with Gasteiger partial charge in [0.1, 0.15) is 18.2 Å². The first-order valence-corrected chi connectivity index (χ1v) is 11.1. The number of ether oxygens (including phenoxy) is 1. The molecule has 2 saturated heterocycles. The highest BCUT2D eigenvalue weighted by molar-refractivity contribution is 8.01. The van der Waals surface area contributed by atoms with Gasteiger partial charge in [-0.15, -0.1) is 23.5 Å². The van der Waals surface area contributed by atoms with Gasteiger partial charge in [0.05, 0.1) is 5.37 Å². The standard InChI is InChI=1S/C17H27N3O4S2/c1-2-8-24-17(23)20-13(21)10-7-9-25-15(10)19-14(22)16-18-11-5-3-4-6-12(11)26-16/h2,10-13,15-16,18,21H,1,3-9H2,(H,19,22)(H,20,23). The van der Waals surface area contributed by atoms with Crippen molar-refractivity contribution in [2.24, 2.45) is 5.92 Å². The molecule has 9 heteroatoms. The van der Waals surface area contributed by atoms with Crippen LogP contribution in [0.15, 0.2) is 12.7 Å². The van der Waals surface area contributed by atoms with Gasteiger partial charge in [-0.2, -0.15) is 0 Å². The smallest absolute Gasteiger partial charge is 0.409 e. The van der Waals surface area contributed by atoms with Gasteiger partial charge in [0.15, 0.2) is 0 Å². The highest BCUT2D eigenvalue weighted by atomic mass is 32.2. The van der Waals surface area contributed by atoms with Crippen LogP contribution in [0, 0.1) is 5.92 Å². The summed E-state index contributed by atoms with van der Waals surface area (Å²) in [5.41, 5.74) is 0. The summed E-state index contributed by atoms with van der Waals surface area (Å²) in [5.74, 6) is 0.552. The minimum atomic E-state index is -1.06. The molecule has 3 fully saturated rings. The topological polar surface area (TPSA) is 99.7 Å². The van der Waals surface area contributed by atoms with Gasteiger partial charge in [-0.05, 0) is 25.0 Å². The Morgan fingerprint density at radius 1 is 1.35 bits per heavy atom. The van der Waals surface area contributed by atoms with Crippen molar-refractivity contribution in [3.8, 4) is 0 Å². The predicted molar refractivity (Wildman–Crippen MR) is 104 cm³/mol. The lowest BCUT2D eigenvalue weighted by atomic mass is 9.95. The van der Waals surface area contributed by atoms with Gasteiger partial charge in [0.2, 0.25) is 5.91 Å². The van der Waals surface area contributed by atoms with E-state index < -0.39 is 12.3 Å². The van der Waals surface area contributed by atoms with Gasteiger partial charge in [0.25, 0.3) is 0 Å². The van der Waals surface area contributed by atoms with Crippen molar-refractivity contribution in [3.63, 3.8) is 0 Å².